The SMILES string of the molecule is CC(=O)Nc1nc2c(s1)CN(C(=O)C1CC=CCC1)CC2. The molecule has 0 bridgehead atoms. The number of anilines is 1. The fourth-order valence-electron chi connectivity index (χ4n) is 2.86. The van der Waals surface area contributed by atoms with Crippen LogP contribution in [0.5, 0.6) is 0 Å². The molecule has 1 unspecified atom stereocenters. The molecule has 0 fully saturated rings. The minimum absolute atomic E-state index is 0.108. The number of thiazole rings is 1. The molecule has 6 heteroatoms. The number of hydrogen-bond acceptors (Lipinski definition) is 4. The summed E-state index contributed by atoms with van der Waals surface area (Å²) in [5.41, 5.74) is 1.02. The summed E-state index contributed by atoms with van der Waals surface area (Å²) in [6.07, 6.45) is 7.87. The van der Waals surface area contributed by atoms with Crippen molar-refractivity contribution in [3.05, 3.63) is 22.7 Å². The van der Waals surface area contributed by atoms with Gasteiger partial charge in [0.2, 0.25) is 11.8 Å². The van der Waals surface area contributed by atoms with Gasteiger partial charge in [-0.3, -0.25) is 9.59 Å². The molecule has 0 aromatic carbocycles. The lowest BCUT2D eigenvalue weighted by Gasteiger charge is -2.30. The summed E-state index contributed by atoms with van der Waals surface area (Å²) in [5, 5.41) is 3.37. The first-order valence-electron chi connectivity index (χ1n) is 7.33. The third-order valence-corrected chi connectivity index (χ3v) is 4.94. The molecule has 3 rings (SSSR count). The van der Waals surface area contributed by atoms with E-state index in [1.165, 1.54) is 18.3 Å². The lowest BCUT2D eigenvalue weighted by molar-refractivity contribution is -0.136. The first-order chi connectivity index (χ1) is 10.1. The van der Waals surface area contributed by atoms with Gasteiger partial charge in [-0.25, -0.2) is 4.98 Å². The van der Waals surface area contributed by atoms with Crippen LogP contribution in [0.15, 0.2) is 12.2 Å². The monoisotopic (exact) mass is 305 g/mol. The molecular formula is C15H19N3O2S. The van der Waals surface area contributed by atoms with Crippen LogP contribution < -0.4 is 5.32 Å². The molecular weight excluding hydrogens is 286 g/mol. The normalized spacial score (nSPS) is 21.0. The third kappa shape index (κ3) is 3.15. The van der Waals surface area contributed by atoms with Crippen molar-refractivity contribution >= 4 is 28.3 Å². The van der Waals surface area contributed by atoms with E-state index in [2.05, 4.69) is 22.5 Å². The Kier molecular flexibility index (Phi) is 4.05. The second-order valence-corrected chi connectivity index (χ2v) is 6.64. The van der Waals surface area contributed by atoms with Gasteiger partial charge in [-0.2, -0.15) is 0 Å². The van der Waals surface area contributed by atoms with E-state index in [-0.39, 0.29) is 17.7 Å². The number of aromatic nitrogens is 1. The molecule has 1 atom stereocenters. The van der Waals surface area contributed by atoms with E-state index in [0.29, 0.717) is 11.7 Å². The van der Waals surface area contributed by atoms with Crippen molar-refractivity contribution in [2.24, 2.45) is 5.92 Å². The van der Waals surface area contributed by atoms with Gasteiger partial charge in [0.15, 0.2) is 5.13 Å². The van der Waals surface area contributed by atoms with Crippen LogP contribution in [0.25, 0.3) is 0 Å². The van der Waals surface area contributed by atoms with E-state index in [9.17, 15) is 9.59 Å². The number of amides is 2. The number of rotatable bonds is 2. The molecule has 112 valence electrons. The van der Waals surface area contributed by atoms with Crippen LogP contribution in [-0.4, -0.2) is 28.2 Å². The molecule has 1 aliphatic heterocycles. The van der Waals surface area contributed by atoms with Crippen molar-refractivity contribution in [1.29, 1.82) is 0 Å². The zero-order valence-corrected chi connectivity index (χ0v) is 12.9. The van der Waals surface area contributed by atoms with Crippen LogP contribution in [0.2, 0.25) is 0 Å². The highest BCUT2D eigenvalue weighted by Gasteiger charge is 2.29. The highest BCUT2D eigenvalue weighted by molar-refractivity contribution is 7.15. The number of nitrogens with one attached hydrogen (secondary N) is 1. The maximum atomic E-state index is 12.6. The zero-order valence-electron chi connectivity index (χ0n) is 12.1. The Labute approximate surface area is 128 Å². The summed E-state index contributed by atoms with van der Waals surface area (Å²) in [6, 6.07) is 0. The van der Waals surface area contributed by atoms with Crippen LogP contribution >= 0.6 is 11.3 Å². The summed E-state index contributed by atoms with van der Waals surface area (Å²) >= 11 is 1.48. The molecule has 1 aromatic heterocycles. The van der Waals surface area contributed by atoms with Crippen molar-refractivity contribution < 1.29 is 9.59 Å². The van der Waals surface area contributed by atoms with Crippen molar-refractivity contribution in [2.75, 3.05) is 11.9 Å². The highest BCUT2D eigenvalue weighted by atomic mass is 32.1. The average molecular weight is 305 g/mol. The molecule has 21 heavy (non-hydrogen) atoms. The molecule has 2 amide bonds. The fraction of sp³-hybridized carbons (Fsp3) is 0.533. The second kappa shape index (κ2) is 5.97. The van der Waals surface area contributed by atoms with Gasteiger partial charge in [-0.1, -0.05) is 23.5 Å². The minimum atomic E-state index is -0.108. The molecule has 2 aliphatic rings. The maximum absolute atomic E-state index is 12.6. The molecule has 0 spiro atoms. The van der Waals surface area contributed by atoms with E-state index in [4.69, 9.17) is 0 Å². The number of carbonyl (C=O) groups excluding carboxylic acids is 2. The van der Waals surface area contributed by atoms with Crippen LogP contribution in [-0.2, 0) is 22.6 Å². The Morgan fingerprint density at radius 3 is 3.00 bits per heavy atom. The van der Waals surface area contributed by atoms with E-state index in [1.807, 2.05) is 4.90 Å². The van der Waals surface area contributed by atoms with Crippen LogP contribution in [0.4, 0.5) is 5.13 Å². The van der Waals surface area contributed by atoms with Crippen molar-refractivity contribution in [3.63, 3.8) is 0 Å². The number of carbonyl (C=O) groups is 2. The predicted octanol–water partition coefficient (Wildman–Crippen LogP) is 2.34. The molecule has 5 nitrogen and oxygen atoms in total. The van der Waals surface area contributed by atoms with Crippen molar-refractivity contribution in [2.45, 2.75) is 39.2 Å². The summed E-state index contributed by atoms with van der Waals surface area (Å²) in [5.74, 6) is 0.293. The van der Waals surface area contributed by atoms with Gasteiger partial charge in [0.25, 0.3) is 0 Å². The largest absolute Gasteiger partial charge is 0.337 e. The van der Waals surface area contributed by atoms with Crippen LogP contribution in [0.1, 0.15) is 36.8 Å². The molecule has 1 aromatic rings. The van der Waals surface area contributed by atoms with Crippen LogP contribution in [0.3, 0.4) is 0 Å². The molecule has 2 heterocycles. The average Bonchev–Trinajstić information content (AvgIpc) is 2.87. The van der Waals surface area contributed by atoms with E-state index < -0.39 is 0 Å². The first kappa shape index (κ1) is 14.3. The van der Waals surface area contributed by atoms with Gasteiger partial charge in [0.05, 0.1) is 12.2 Å². The Hall–Kier alpha value is -1.69. The smallest absolute Gasteiger partial charge is 0.226 e. The van der Waals surface area contributed by atoms with Gasteiger partial charge in [0, 0.05) is 30.7 Å². The number of hydrogen-bond donors (Lipinski definition) is 1. The number of nitrogens with zero attached hydrogens (tertiary/aromatic N) is 2. The van der Waals surface area contributed by atoms with E-state index in [0.717, 1.165) is 42.8 Å². The second-order valence-electron chi connectivity index (χ2n) is 5.56. The summed E-state index contributed by atoms with van der Waals surface area (Å²) in [4.78, 5) is 31.1. The van der Waals surface area contributed by atoms with Gasteiger partial charge < -0.3 is 10.2 Å². The van der Waals surface area contributed by atoms with Gasteiger partial charge in [-0.15, -0.1) is 0 Å². The summed E-state index contributed by atoms with van der Waals surface area (Å²) < 4.78 is 0. The van der Waals surface area contributed by atoms with E-state index in [1.54, 1.807) is 0 Å². The van der Waals surface area contributed by atoms with Gasteiger partial charge in [0.1, 0.15) is 0 Å². The fourth-order valence-corrected chi connectivity index (χ4v) is 3.93. The summed E-state index contributed by atoms with van der Waals surface area (Å²) in [6.45, 7) is 2.84. The van der Waals surface area contributed by atoms with Crippen molar-refractivity contribution in [1.82, 2.24) is 9.88 Å². The lowest BCUT2D eigenvalue weighted by Crippen LogP contribution is -2.39. The lowest BCUT2D eigenvalue weighted by atomic mass is 9.92. The molecule has 0 radical (unpaired) electrons. The third-order valence-electron chi connectivity index (χ3n) is 3.94. The molecule has 0 saturated carbocycles. The highest BCUT2D eigenvalue weighted by Crippen LogP contribution is 2.30. The first-order valence-corrected chi connectivity index (χ1v) is 8.15. The van der Waals surface area contributed by atoms with Gasteiger partial charge in [-0.05, 0) is 19.3 Å². The molecule has 1 aliphatic carbocycles. The Balaban J connectivity index is 1.68. The van der Waals surface area contributed by atoms with Crippen LogP contribution in [0, 0.1) is 5.92 Å². The van der Waals surface area contributed by atoms with Crippen molar-refractivity contribution in [3.8, 4) is 0 Å². The quantitative estimate of drug-likeness (QED) is 0.853. The Bertz CT molecular complexity index is 594. The van der Waals surface area contributed by atoms with E-state index >= 15 is 0 Å². The zero-order chi connectivity index (χ0) is 14.8. The standard InChI is InChI=1S/C15H19N3O2S/c1-10(19)16-15-17-12-7-8-18(9-13(12)21-15)14(20)11-5-3-2-4-6-11/h2-3,11H,4-9H2,1H3,(H,16,17,19). The minimum Gasteiger partial charge on any atom is -0.337 e. The maximum Gasteiger partial charge on any atom is 0.226 e. The topological polar surface area (TPSA) is 62.3 Å². The summed E-state index contributed by atoms with van der Waals surface area (Å²) in [7, 11) is 0. The Morgan fingerprint density at radius 1 is 1.43 bits per heavy atom. The number of allylic oxidation sites excluding steroid dienone is 2. The number of fused-ring (bicyclic) bond motifs is 1. The Morgan fingerprint density at radius 2 is 2.29 bits per heavy atom. The predicted molar refractivity (Wildman–Crippen MR) is 82.0 cm³/mol. The molecule has 0 saturated heterocycles. The van der Waals surface area contributed by atoms with Gasteiger partial charge >= 0.3 is 0 Å². The molecule has 1 N–H and O–H groups in total.